The maximum Gasteiger partial charge on any atom is 0.407 e. The molecular formula is C14H18F2N2O2. The molecule has 1 aromatic rings. The van der Waals surface area contributed by atoms with Gasteiger partial charge in [0.1, 0.15) is 0 Å². The molecule has 0 radical (unpaired) electrons. The van der Waals surface area contributed by atoms with Crippen LogP contribution >= 0.6 is 0 Å². The normalized spacial score (nSPS) is 23.4. The van der Waals surface area contributed by atoms with E-state index in [0.29, 0.717) is 0 Å². The van der Waals surface area contributed by atoms with E-state index in [1.807, 2.05) is 37.3 Å². The van der Waals surface area contributed by atoms with Gasteiger partial charge in [-0.25, -0.2) is 13.6 Å². The lowest BCUT2D eigenvalue weighted by Crippen LogP contribution is -2.58. The van der Waals surface area contributed by atoms with E-state index in [2.05, 4.69) is 5.32 Å². The van der Waals surface area contributed by atoms with E-state index in [0.717, 1.165) is 10.5 Å². The SMILES string of the molecule is CC(N[C@@H]1CCN(C(=O)O)CC1(F)F)c1ccccc1. The number of carboxylic acid groups (broad SMARTS) is 1. The van der Waals surface area contributed by atoms with Crippen LogP contribution < -0.4 is 5.32 Å². The number of hydrogen-bond donors (Lipinski definition) is 2. The van der Waals surface area contributed by atoms with Crippen molar-refractivity contribution < 1.29 is 18.7 Å². The minimum absolute atomic E-state index is 0.108. The molecule has 2 atom stereocenters. The molecule has 4 nitrogen and oxygen atoms in total. The number of nitrogens with one attached hydrogen (secondary N) is 1. The number of hydrogen-bond acceptors (Lipinski definition) is 2. The first kappa shape index (κ1) is 14.7. The second-order valence-electron chi connectivity index (χ2n) is 5.11. The summed E-state index contributed by atoms with van der Waals surface area (Å²) in [5.41, 5.74) is 0.934. The average molecular weight is 284 g/mol. The van der Waals surface area contributed by atoms with Crippen LogP contribution in [0.1, 0.15) is 24.9 Å². The topological polar surface area (TPSA) is 52.6 Å². The predicted molar refractivity (Wildman–Crippen MR) is 70.9 cm³/mol. The number of amides is 1. The standard InChI is InChI=1S/C14H18F2N2O2/c1-10(11-5-3-2-4-6-11)17-12-7-8-18(13(19)20)9-14(12,15)16/h2-6,10,12,17H,7-9H2,1H3,(H,19,20)/t10?,12-/m1/s1. The average Bonchev–Trinajstić information content (AvgIpc) is 2.41. The van der Waals surface area contributed by atoms with E-state index in [-0.39, 0.29) is 19.0 Å². The van der Waals surface area contributed by atoms with Gasteiger partial charge in [0.15, 0.2) is 0 Å². The van der Waals surface area contributed by atoms with Gasteiger partial charge in [0, 0.05) is 12.6 Å². The quantitative estimate of drug-likeness (QED) is 0.897. The Labute approximate surface area is 116 Å². The minimum Gasteiger partial charge on any atom is -0.465 e. The molecule has 0 aliphatic carbocycles. The monoisotopic (exact) mass is 284 g/mol. The van der Waals surface area contributed by atoms with E-state index in [1.165, 1.54) is 0 Å². The second kappa shape index (κ2) is 5.75. The van der Waals surface area contributed by atoms with Gasteiger partial charge in [-0.3, -0.25) is 0 Å². The fourth-order valence-electron chi connectivity index (χ4n) is 2.45. The summed E-state index contributed by atoms with van der Waals surface area (Å²) in [4.78, 5) is 11.5. The van der Waals surface area contributed by atoms with E-state index in [4.69, 9.17) is 5.11 Å². The number of alkyl halides is 2. The molecule has 0 spiro atoms. The molecule has 0 aromatic heterocycles. The molecule has 1 unspecified atom stereocenters. The van der Waals surface area contributed by atoms with Gasteiger partial charge in [-0.05, 0) is 18.9 Å². The van der Waals surface area contributed by atoms with Crippen LogP contribution in [0.25, 0.3) is 0 Å². The molecule has 1 aliphatic heterocycles. The fraction of sp³-hybridized carbons (Fsp3) is 0.500. The smallest absolute Gasteiger partial charge is 0.407 e. The van der Waals surface area contributed by atoms with E-state index in [1.54, 1.807) is 0 Å². The highest BCUT2D eigenvalue weighted by Crippen LogP contribution is 2.29. The lowest BCUT2D eigenvalue weighted by Gasteiger charge is -2.38. The fourth-order valence-corrected chi connectivity index (χ4v) is 2.45. The Morgan fingerprint density at radius 1 is 1.45 bits per heavy atom. The van der Waals surface area contributed by atoms with Crippen LogP contribution in [0.4, 0.5) is 13.6 Å². The molecule has 1 saturated heterocycles. The van der Waals surface area contributed by atoms with Gasteiger partial charge < -0.3 is 15.3 Å². The predicted octanol–water partition coefficient (Wildman–Crippen LogP) is 2.72. The maximum absolute atomic E-state index is 14.0. The molecular weight excluding hydrogens is 266 g/mol. The van der Waals surface area contributed by atoms with Crippen LogP contribution in [0.2, 0.25) is 0 Å². The lowest BCUT2D eigenvalue weighted by molar-refractivity contribution is -0.0860. The zero-order chi connectivity index (χ0) is 14.8. The summed E-state index contributed by atoms with van der Waals surface area (Å²) >= 11 is 0. The van der Waals surface area contributed by atoms with E-state index in [9.17, 15) is 13.6 Å². The van der Waals surface area contributed by atoms with Crippen molar-refractivity contribution in [2.45, 2.75) is 31.4 Å². The summed E-state index contributed by atoms with van der Waals surface area (Å²) in [6.07, 6.45) is -1.18. The molecule has 110 valence electrons. The van der Waals surface area contributed by atoms with Crippen molar-refractivity contribution in [1.82, 2.24) is 10.2 Å². The van der Waals surface area contributed by atoms with E-state index >= 15 is 0 Å². The molecule has 20 heavy (non-hydrogen) atoms. The summed E-state index contributed by atoms with van der Waals surface area (Å²) in [6, 6.07) is 8.13. The summed E-state index contributed by atoms with van der Waals surface area (Å²) in [7, 11) is 0. The third-order valence-corrected chi connectivity index (χ3v) is 3.62. The molecule has 1 heterocycles. The Bertz CT molecular complexity index is 468. The highest BCUT2D eigenvalue weighted by Gasteiger charge is 2.46. The first-order valence-electron chi connectivity index (χ1n) is 6.57. The summed E-state index contributed by atoms with van der Waals surface area (Å²) < 4.78 is 28.0. The highest BCUT2D eigenvalue weighted by atomic mass is 19.3. The number of benzene rings is 1. The number of halogens is 2. The van der Waals surface area contributed by atoms with Gasteiger partial charge in [-0.15, -0.1) is 0 Å². The second-order valence-corrected chi connectivity index (χ2v) is 5.11. The Morgan fingerprint density at radius 3 is 2.65 bits per heavy atom. The molecule has 2 rings (SSSR count). The summed E-state index contributed by atoms with van der Waals surface area (Å²) in [5, 5.41) is 11.7. The first-order valence-corrected chi connectivity index (χ1v) is 6.57. The zero-order valence-electron chi connectivity index (χ0n) is 11.2. The third-order valence-electron chi connectivity index (χ3n) is 3.62. The van der Waals surface area contributed by atoms with Gasteiger partial charge in [-0.2, -0.15) is 0 Å². The van der Waals surface area contributed by atoms with E-state index < -0.39 is 24.6 Å². The Morgan fingerprint density at radius 2 is 2.10 bits per heavy atom. The largest absolute Gasteiger partial charge is 0.465 e. The number of likely N-dealkylation sites (tertiary alicyclic amines) is 1. The number of nitrogens with zero attached hydrogens (tertiary/aromatic N) is 1. The molecule has 0 bridgehead atoms. The zero-order valence-corrected chi connectivity index (χ0v) is 11.2. The van der Waals surface area contributed by atoms with Gasteiger partial charge in [0.05, 0.1) is 12.6 Å². The number of rotatable bonds is 3. The van der Waals surface area contributed by atoms with Crippen LogP contribution in [-0.2, 0) is 0 Å². The lowest BCUT2D eigenvalue weighted by atomic mass is 9.98. The van der Waals surface area contributed by atoms with Crippen molar-refractivity contribution in [1.29, 1.82) is 0 Å². The van der Waals surface area contributed by atoms with Crippen molar-refractivity contribution in [3.8, 4) is 0 Å². The van der Waals surface area contributed by atoms with Gasteiger partial charge >= 0.3 is 6.09 Å². The van der Waals surface area contributed by atoms with Crippen LogP contribution in [0.15, 0.2) is 30.3 Å². The summed E-state index contributed by atoms with van der Waals surface area (Å²) in [6.45, 7) is 1.21. The summed E-state index contributed by atoms with van der Waals surface area (Å²) in [5.74, 6) is -3.06. The molecule has 1 aromatic carbocycles. The number of carbonyl (C=O) groups is 1. The number of piperidine rings is 1. The Hall–Kier alpha value is -1.69. The molecule has 1 fully saturated rings. The van der Waals surface area contributed by atoms with Crippen LogP contribution in [0.5, 0.6) is 0 Å². The van der Waals surface area contributed by atoms with Gasteiger partial charge in [-0.1, -0.05) is 30.3 Å². The molecule has 6 heteroatoms. The molecule has 0 saturated carbocycles. The molecule has 2 N–H and O–H groups in total. The molecule has 1 aliphatic rings. The van der Waals surface area contributed by atoms with Crippen molar-refractivity contribution in [3.63, 3.8) is 0 Å². The van der Waals surface area contributed by atoms with Gasteiger partial charge in [0.2, 0.25) is 0 Å². The minimum atomic E-state index is -3.06. The van der Waals surface area contributed by atoms with Crippen LogP contribution in [0, 0.1) is 0 Å². The van der Waals surface area contributed by atoms with Gasteiger partial charge in [0.25, 0.3) is 5.92 Å². The first-order chi connectivity index (χ1) is 9.40. The third kappa shape index (κ3) is 3.25. The van der Waals surface area contributed by atoms with Crippen molar-refractivity contribution in [2.24, 2.45) is 0 Å². The maximum atomic E-state index is 14.0. The molecule has 1 amide bonds. The van der Waals surface area contributed by atoms with Crippen LogP contribution in [0.3, 0.4) is 0 Å². The Kier molecular flexibility index (Phi) is 4.23. The van der Waals surface area contributed by atoms with Crippen molar-refractivity contribution >= 4 is 6.09 Å². The van der Waals surface area contributed by atoms with Crippen molar-refractivity contribution in [2.75, 3.05) is 13.1 Å². The van der Waals surface area contributed by atoms with Crippen LogP contribution in [-0.4, -0.2) is 41.2 Å². The van der Waals surface area contributed by atoms with Crippen molar-refractivity contribution in [3.05, 3.63) is 35.9 Å². The highest BCUT2D eigenvalue weighted by molar-refractivity contribution is 5.65. The Balaban J connectivity index is 2.01.